The third-order valence-corrected chi connectivity index (χ3v) is 5.62. The van der Waals surface area contributed by atoms with Crippen LogP contribution in [0.15, 0.2) is 40.7 Å². The summed E-state index contributed by atoms with van der Waals surface area (Å²) in [5.74, 6) is 0.318. The number of allylic oxidation sites excluding steroid dienone is 3. The first-order valence-electron chi connectivity index (χ1n) is 10.8. The Morgan fingerprint density at radius 3 is 2.55 bits per heavy atom. The lowest BCUT2D eigenvalue weighted by Crippen LogP contribution is -2.38. The van der Waals surface area contributed by atoms with Gasteiger partial charge in [0.25, 0.3) is 0 Å². The van der Waals surface area contributed by atoms with E-state index in [1.165, 1.54) is 0 Å². The number of benzene rings is 1. The number of carbonyl (C=O) groups is 2. The van der Waals surface area contributed by atoms with Crippen LogP contribution >= 0.6 is 0 Å². The molecule has 1 aromatic rings. The van der Waals surface area contributed by atoms with Crippen LogP contribution in [-0.2, 0) is 14.3 Å². The Morgan fingerprint density at radius 2 is 1.94 bits per heavy atom. The largest absolute Gasteiger partial charge is 0.493 e. The van der Waals surface area contributed by atoms with Crippen molar-refractivity contribution < 1.29 is 23.8 Å². The second kappa shape index (κ2) is 8.77. The molecule has 0 aromatic heterocycles. The predicted molar refractivity (Wildman–Crippen MR) is 119 cm³/mol. The molecule has 6 nitrogen and oxygen atoms in total. The molecule has 1 aromatic carbocycles. The smallest absolute Gasteiger partial charge is 0.336 e. The Labute approximate surface area is 184 Å². The van der Waals surface area contributed by atoms with Gasteiger partial charge in [-0.25, -0.2) is 4.79 Å². The molecule has 1 aliphatic carbocycles. The maximum absolute atomic E-state index is 13.3. The highest BCUT2D eigenvalue weighted by Crippen LogP contribution is 2.47. The molecule has 0 amide bonds. The molecule has 0 saturated carbocycles. The summed E-state index contributed by atoms with van der Waals surface area (Å²) < 4.78 is 16.8. The molecule has 0 radical (unpaired) electrons. The normalized spacial score (nSPS) is 20.4. The summed E-state index contributed by atoms with van der Waals surface area (Å²) in [5.41, 5.74) is 3.38. The maximum Gasteiger partial charge on any atom is 0.336 e. The molecule has 1 heterocycles. The van der Waals surface area contributed by atoms with Crippen LogP contribution in [0.4, 0.5) is 0 Å². The molecular formula is C25H33NO5. The number of esters is 1. The molecule has 0 saturated heterocycles. The van der Waals surface area contributed by atoms with Gasteiger partial charge in [-0.1, -0.05) is 19.9 Å². The van der Waals surface area contributed by atoms with E-state index in [0.717, 1.165) is 17.7 Å². The number of hydrogen-bond donors (Lipinski definition) is 1. The molecule has 1 aliphatic heterocycles. The third kappa shape index (κ3) is 4.63. The van der Waals surface area contributed by atoms with Gasteiger partial charge in [0.1, 0.15) is 0 Å². The van der Waals surface area contributed by atoms with Crippen LogP contribution in [0.2, 0.25) is 0 Å². The van der Waals surface area contributed by atoms with Crippen molar-refractivity contribution >= 4 is 11.8 Å². The summed E-state index contributed by atoms with van der Waals surface area (Å²) in [6.07, 6.45) is 1.17. The van der Waals surface area contributed by atoms with Crippen molar-refractivity contribution in [2.75, 3.05) is 13.7 Å². The minimum atomic E-state index is -0.513. The monoisotopic (exact) mass is 427 g/mol. The molecule has 2 aliphatic rings. The summed E-state index contributed by atoms with van der Waals surface area (Å²) in [4.78, 5) is 26.3. The topological polar surface area (TPSA) is 73.9 Å². The van der Waals surface area contributed by atoms with E-state index >= 15 is 0 Å². The van der Waals surface area contributed by atoms with Crippen LogP contribution in [0.1, 0.15) is 65.9 Å². The van der Waals surface area contributed by atoms with E-state index in [1.807, 2.05) is 39.0 Å². The summed E-state index contributed by atoms with van der Waals surface area (Å²) in [7, 11) is 1.58. The zero-order valence-electron chi connectivity index (χ0n) is 19.5. The molecule has 1 atom stereocenters. The van der Waals surface area contributed by atoms with Crippen molar-refractivity contribution in [2.24, 2.45) is 5.41 Å². The fraction of sp³-hybridized carbons (Fsp3) is 0.520. The van der Waals surface area contributed by atoms with Crippen molar-refractivity contribution in [2.45, 2.75) is 66.4 Å². The molecule has 0 bridgehead atoms. The Balaban J connectivity index is 2.17. The zero-order chi connectivity index (χ0) is 22.9. The van der Waals surface area contributed by atoms with E-state index in [2.05, 4.69) is 19.2 Å². The molecule has 31 heavy (non-hydrogen) atoms. The molecule has 6 heteroatoms. The number of hydrogen-bond acceptors (Lipinski definition) is 6. The van der Waals surface area contributed by atoms with Crippen LogP contribution in [-0.4, -0.2) is 31.6 Å². The average Bonchev–Trinajstić information content (AvgIpc) is 2.65. The standard InChI is InChI=1S/C25H33NO5/c1-8-30-24(28)21-15(4)26-17-12-25(5,6)13-18(27)23(17)22(21)16-9-10-19(31-14(2)3)20(11-16)29-7/h9-11,14,22,26H,8,12-13H2,1-7H3/t22-/m1/s1. The highest BCUT2D eigenvalue weighted by atomic mass is 16.5. The quantitative estimate of drug-likeness (QED) is 0.666. The van der Waals surface area contributed by atoms with Gasteiger partial charge >= 0.3 is 5.97 Å². The molecule has 0 spiro atoms. The van der Waals surface area contributed by atoms with Gasteiger partial charge in [-0.3, -0.25) is 4.79 Å². The first-order valence-corrected chi connectivity index (χ1v) is 10.8. The van der Waals surface area contributed by atoms with E-state index in [-0.39, 0.29) is 23.9 Å². The lowest BCUT2D eigenvalue weighted by molar-refractivity contribution is -0.138. The summed E-state index contributed by atoms with van der Waals surface area (Å²) in [6, 6.07) is 5.60. The summed E-state index contributed by atoms with van der Waals surface area (Å²) >= 11 is 0. The number of rotatable bonds is 6. The van der Waals surface area contributed by atoms with Gasteiger partial charge in [-0.05, 0) is 57.2 Å². The van der Waals surface area contributed by atoms with E-state index in [0.29, 0.717) is 34.8 Å². The Morgan fingerprint density at radius 1 is 1.23 bits per heavy atom. The van der Waals surface area contributed by atoms with Crippen molar-refractivity contribution in [3.05, 3.63) is 46.3 Å². The van der Waals surface area contributed by atoms with Gasteiger partial charge in [0, 0.05) is 29.3 Å². The van der Waals surface area contributed by atoms with Crippen LogP contribution < -0.4 is 14.8 Å². The molecule has 3 rings (SSSR count). The van der Waals surface area contributed by atoms with Crippen LogP contribution in [0.3, 0.4) is 0 Å². The van der Waals surface area contributed by atoms with Crippen molar-refractivity contribution in [3.8, 4) is 11.5 Å². The van der Waals surface area contributed by atoms with E-state index in [1.54, 1.807) is 14.0 Å². The highest BCUT2D eigenvalue weighted by Gasteiger charge is 2.43. The van der Waals surface area contributed by atoms with Gasteiger partial charge < -0.3 is 19.5 Å². The van der Waals surface area contributed by atoms with Gasteiger partial charge in [-0.15, -0.1) is 0 Å². The number of Topliss-reactive ketones (excluding diaryl/α,β-unsaturated/α-hetero) is 1. The molecule has 0 unspecified atom stereocenters. The van der Waals surface area contributed by atoms with E-state index < -0.39 is 11.9 Å². The predicted octanol–water partition coefficient (Wildman–Crippen LogP) is 4.65. The number of ether oxygens (including phenoxy) is 3. The van der Waals surface area contributed by atoms with Crippen LogP contribution in [0.25, 0.3) is 0 Å². The molecule has 0 fully saturated rings. The fourth-order valence-corrected chi connectivity index (χ4v) is 4.46. The second-order valence-electron chi connectivity index (χ2n) is 9.23. The lowest BCUT2D eigenvalue weighted by Gasteiger charge is -2.39. The van der Waals surface area contributed by atoms with Crippen molar-refractivity contribution in [1.82, 2.24) is 5.32 Å². The first-order chi connectivity index (χ1) is 14.6. The number of methoxy groups -OCH3 is 1. The highest BCUT2D eigenvalue weighted by molar-refractivity contribution is 6.04. The third-order valence-electron chi connectivity index (χ3n) is 5.62. The number of ketones is 1. The maximum atomic E-state index is 13.3. The number of dihydropyridines is 1. The number of nitrogens with one attached hydrogen (secondary N) is 1. The minimum absolute atomic E-state index is 0.00710. The fourth-order valence-electron chi connectivity index (χ4n) is 4.46. The summed E-state index contributed by atoms with van der Waals surface area (Å²) in [6.45, 7) is 12.0. The SMILES string of the molecule is CCOC(=O)C1=C(C)NC2=C(C(=O)CC(C)(C)C2)[C@@H]1c1ccc(OC(C)C)c(OC)c1. The van der Waals surface area contributed by atoms with Crippen LogP contribution in [0.5, 0.6) is 11.5 Å². The summed E-state index contributed by atoms with van der Waals surface area (Å²) in [5, 5.41) is 3.34. The number of carbonyl (C=O) groups excluding carboxylic acids is 2. The molecular weight excluding hydrogens is 394 g/mol. The average molecular weight is 428 g/mol. The Hall–Kier alpha value is -2.76. The van der Waals surface area contributed by atoms with Crippen molar-refractivity contribution in [1.29, 1.82) is 0 Å². The van der Waals surface area contributed by atoms with Crippen molar-refractivity contribution in [3.63, 3.8) is 0 Å². The first kappa shape index (κ1) is 22.9. The van der Waals surface area contributed by atoms with E-state index in [9.17, 15) is 9.59 Å². The van der Waals surface area contributed by atoms with Crippen LogP contribution in [0, 0.1) is 5.41 Å². The van der Waals surface area contributed by atoms with Gasteiger partial charge in [0.05, 0.1) is 25.4 Å². The minimum Gasteiger partial charge on any atom is -0.493 e. The molecule has 168 valence electrons. The van der Waals surface area contributed by atoms with Gasteiger partial charge in [-0.2, -0.15) is 0 Å². The lowest BCUT2D eigenvalue weighted by atomic mass is 9.68. The van der Waals surface area contributed by atoms with E-state index in [4.69, 9.17) is 14.2 Å². The Bertz CT molecular complexity index is 955. The zero-order valence-corrected chi connectivity index (χ0v) is 19.5. The molecule has 1 N–H and O–H groups in total. The van der Waals surface area contributed by atoms with Gasteiger partial charge in [0.15, 0.2) is 17.3 Å². The Kier molecular flexibility index (Phi) is 6.48. The van der Waals surface area contributed by atoms with Gasteiger partial charge in [0.2, 0.25) is 0 Å². The second-order valence-corrected chi connectivity index (χ2v) is 9.23.